The van der Waals surface area contributed by atoms with E-state index in [9.17, 15) is 9.59 Å². The largest absolute Gasteiger partial charge is 0.338 e. The third-order valence-corrected chi connectivity index (χ3v) is 5.04. The average molecular weight is 338 g/mol. The van der Waals surface area contributed by atoms with Crippen molar-refractivity contribution in [3.63, 3.8) is 0 Å². The highest BCUT2D eigenvalue weighted by Crippen LogP contribution is 2.22. The van der Waals surface area contributed by atoms with E-state index in [-0.39, 0.29) is 17.9 Å². The molecule has 6 nitrogen and oxygen atoms in total. The van der Waals surface area contributed by atoms with E-state index in [1.807, 2.05) is 35.2 Å². The lowest BCUT2D eigenvalue weighted by atomic mass is 10.1. The van der Waals surface area contributed by atoms with Gasteiger partial charge in [0.2, 0.25) is 5.91 Å². The second-order valence-electron chi connectivity index (χ2n) is 6.62. The molecule has 3 heterocycles. The number of rotatable bonds is 2. The second-order valence-corrected chi connectivity index (χ2v) is 6.62. The fourth-order valence-corrected chi connectivity index (χ4v) is 3.69. The normalized spacial score (nSPS) is 20.9. The molecule has 2 fully saturated rings. The molecule has 0 aliphatic carbocycles. The molecular formula is C19H22N4O2. The maximum atomic E-state index is 13.0. The highest BCUT2D eigenvalue weighted by Gasteiger charge is 2.37. The number of piperazine rings is 1. The highest BCUT2D eigenvalue weighted by molar-refractivity contribution is 5.98. The van der Waals surface area contributed by atoms with Gasteiger partial charge in [-0.2, -0.15) is 0 Å². The van der Waals surface area contributed by atoms with Crippen LogP contribution in [-0.4, -0.2) is 65.4 Å². The lowest BCUT2D eigenvalue weighted by Crippen LogP contribution is -2.53. The van der Waals surface area contributed by atoms with Crippen molar-refractivity contribution in [1.29, 1.82) is 0 Å². The third kappa shape index (κ3) is 3.09. The molecule has 2 aromatic rings. The van der Waals surface area contributed by atoms with Gasteiger partial charge in [0.1, 0.15) is 11.7 Å². The third-order valence-electron chi connectivity index (χ3n) is 5.04. The predicted molar refractivity (Wildman–Crippen MR) is 95.3 cm³/mol. The van der Waals surface area contributed by atoms with Crippen molar-refractivity contribution in [2.75, 3.05) is 32.7 Å². The van der Waals surface area contributed by atoms with Crippen molar-refractivity contribution in [2.45, 2.75) is 18.9 Å². The van der Waals surface area contributed by atoms with Gasteiger partial charge in [-0.3, -0.25) is 9.59 Å². The van der Waals surface area contributed by atoms with E-state index in [1.54, 1.807) is 11.0 Å². The Morgan fingerprint density at radius 2 is 1.84 bits per heavy atom. The number of nitrogens with zero attached hydrogens (tertiary/aromatic N) is 3. The van der Waals surface area contributed by atoms with Crippen LogP contribution < -0.4 is 5.32 Å². The van der Waals surface area contributed by atoms with Gasteiger partial charge in [-0.25, -0.2) is 4.98 Å². The van der Waals surface area contributed by atoms with Crippen molar-refractivity contribution in [3.8, 4) is 0 Å². The van der Waals surface area contributed by atoms with Crippen molar-refractivity contribution in [3.05, 3.63) is 42.1 Å². The number of benzene rings is 1. The van der Waals surface area contributed by atoms with Gasteiger partial charge in [-0.1, -0.05) is 24.3 Å². The zero-order valence-corrected chi connectivity index (χ0v) is 14.1. The van der Waals surface area contributed by atoms with Crippen LogP contribution in [0.15, 0.2) is 36.4 Å². The minimum Gasteiger partial charge on any atom is -0.338 e. The van der Waals surface area contributed by atoms with E-state index >= 15 is 0 Å². The number of carbonyl (C=O) groups excluding carboxylic acids is 2. The topological polar surface area (TPSA) is 65.5 Å². The second kappa shape index (κ2) is 6.80. The quantitative estimate of drug-likeness (QED) is 0.896. The van der Waals surface area contributed by atoms with Crippen molar-refractivity contribution in [1.82, 2.24) is 20.1 Å². The van der Waals surface area contributed by atoms with Gasteiger partial charge in [-0.15, -0.1) is 0 Å². The number of aromatic nitrogens is 1. The summed E-state index contributed by atoms with van der Waals surface area (Å²) >= 11 is 0. The number of nitrogens with one attached hydrogen (secondary N) is 1. The molecule has 1 aromatic heterocycles. The van der Waals surface area contributed by atoms with Crippen LogP contribution in [0.5, 0.6) is 0 Å². The summed E-state index contributed by atoms with van der Waals surface area (Å²) in [4.78, 5) is 33.9. The average Bonchev–Trinajstić information content (AvgIpc) is 3.17. The summed E-state index contributed by atoms with van der Waals surface area (Å²) in [6.07, 6.45) is 1.60. The van der Waals surface area contributed by atoms with E-state index in [1.165, 1.54) is 0 Å². The molecule has 2 amide bonds. The van der Waals surface area contributed by atoms with Gasteiger partial charge in [0.05, 0.1) is 5.52 Å². The number of pyridine rings is 1. The molecule has 0 bridgehead atoms. The Balaban J connectivity index is 1.56. The molecule has 1 aromatic carbocycles. The molecule has 2 saturated heterocycles. The minimum absolute atomic E-state index is 0.0770. The zero-order valence-electron chi connectivity index (χ0n) is 14.1. The van der Waals surface area contributed by atoms with Gasteiger partial charge in [0.15, 0.2) is 0 Å². The number of fused-ring (bicyclic) bond motifs is 1. The van der Waals surface area contributed by atoms with E-state index in [4.69, 9.17) is 0 Å². The Bertz CT molecular complexity index is 801. The maximum absolute atomic E-state index is 13.0. The van der Waals surface area contributed by atoms with Crippen LogP contribution >= 0.6 is 0 Å². The van der Waals surface area contributed by atoms with E-state index < -0.39 is 0 Å². The number of hydrogen-bond acceptors (Lipinski definition) is 4. The van der Waals surface area contributed by atoms with Crippen molar-refractivity contribution >= 4 is 22.7 Å². The first-order valence-corrected chi connectivity index (χ1v) is 8.90. The number of hydrogen-bond donors (Lipinski definition) is 1. The van der Waals surface area contributed by atoms with Gasteiger partial charge in [-0.05, 0) is 25.0 Å². The Morgan fingerprint density at radius 3 is 2.68 bits per heavy atom. The molecule has 1 atom stereocenters. The van der Waals surface area contributed by atoms with Gasteiger partial charge in [0, 0.05) is 38.1 Å². The number of carbonyl (C=O) groups is 2. The smallest absolute Gasteiger partial charge is 0.273 e. The molecule has 130 valence electrons. The molecule has 0 spiro atoms. The van der Waals surface area contributed by atoms with Crippen LogP contribution in [0.25, 0.3) is 10.9 Å². The van der Waals surface area contributed by atoms with Crippen LogP contribution in [0.3, 0.4) is 0 Å². The summed E-state index contributed by atoms with van der Waals surface area (Å²) in [5.41, 5.74) is 1.22. The Morgan fingerprint density at radius 1 is 1.04 bits per heavy atom. The first-order valence-electron chi connectivity index (χ1n) is 8.90. The Hall–Kier alpha value is -2.47. The molecule has 4 rings (SSSR count). The number of para-hydroxylation sites is 1. The summed E-state index contributed by atoms with van der Waals surface area (Å²) in [7, 11) is 0. The zero-order chi connectivity index (χ0) is 17.2. The fraction of sp³-hybridized carbons (Fsp3) is 0.421. The van der Waals surface area contributed by atoms with Crippen LogP contribution in [0.2, 0.25) is 0 Å². The maximum Gasteiger partial charge on any atom is 0.273 e. The van der Waals surface area contributed by atoms with Gasteiger partial charge >= 0.3 is 0 Å². The van der Waals surface area contributed by atoms with Gasteiger partial charge < -0.3 is 15.1 Å². The van der Waals surface area contributed by atoms with E-state index in [2.05, 4.69) is 10.3 Å². The van der Waals surface area contributed by atoms with Crippen LogP contribution in [0.4, 0.5) is 0 Å². The lowest BCUT2D eigenvalue weighted by molar-refractivity contribution is -0.135. The molecule has 1 N–H and O–H groups in total. The molecule has 2 aliphatic rings. The lowest BCUT2D eigenvalue weighted by Gasteiger charge is -2.32. The molecule has 2 aliphatic heterocycles. The van der Waals surface area contributed by atoms with Gasteiger partial charge in [0.25, 0.3) is 5.91 Å². The Kier molecular flexibility index (Phi) is 4.36. The van der Waals surface area contributed by atoms with Crippen LogP contribution in [-0.2, 0) is 4.79 Å². The van der Waals surface area contributed by atoms with Crippen molar-refractivity contribution in [2.24, 2.45) is 0 Å². The number of likely N-dealkylation sites (tertiary alicyclic amines) is 1. The SMILES string of the molecule is O=C([C@@H]1CCCN1C(=O)c1ccc2ccccc2n1)N1CCNCC1. The van der Waals surface area contributed by atoms with E-state index in [0.29, 0.717) is 25.3 Å². The molecule has 0 radical (unpaired) electrons. The molecule has 6 heteroatoms. The summed E-state index contributed by atoms with van der Waals surface area (Å²) in [6.45, 7) is 3.68. The number of amides is 2. The Labute approximate surface area is 146 Å². The summed E-state index contributed by atoms with van der Waals surface area (Å²) < 4.78 is 0. The van der Waals surface area contributed by atoms with Crippen molar-refractivity contribution < 1.29 is 9.59 Å². The first kappa shape index (κ1) is 16.0. The molecule has 0 unspecified atom stereocenters. The summed E-state index contributed by atoms with van der Waals surface area (Å²) in [5, 5.41) is 4.26. The highest BCUT2D eigenvalue weighted by atomic mass is 16.2. The van der Waals surface area contributed by atoms with E-state index in [0.717, 1.165) is 36.8 Å². The summed E-state index contributed by atoms with van der Waals surface area (Å²) in [6, 6.07) is 11.1. The minimum atomic E-state index is -0.348. The summed E-state index contributed by atoms with van der Waals surface area (Å²) in [5.74, 6) is -0.0649. The molecule has 0 saturated carbocycles. The predicted octanol–water partition coefficient (Wildman–Crippen LogP) is 1.27. The standard InChI is InChI=1S/C19H22N4O2/c24-18(16-8-7-14-4-1-2-5-15(14)21-16)23-11-3-6-17(23)19(25)22-12-9-20-10-13-22/h1-2,4-5,7-8,17,20H,3,6,9-13H2/t17-/m0/s1. The monoisotopic (exact) mass is 338 g/mol. The molecular weight excluding hydrogens is 316 g/mol. The fourth-order valence-electron chi connectivity index (χ4n) is 3.69. The molecule has 25 heavy (non-hydrogen) atoms. The van der Waals surface area contributed by atoms with Crippen LogP contribution in [0.1, 0.15) is 23.3 Å². The van der Waals surface area contributed by atoms with Crippen LogP contribution in [0, 0.1) is 0 Å². The first-order chi connectivity index (χ1) is 12.2.